The Bertz CT molecular complexity index is 914. The molecule has 2 heterocycles. The van der Waals surface area contributed by atoms with Gasteiger partial charge in [-0.15, -0.1) is 0 Å². The number of nitrogens with one attached hydrogen (secondary N) is 1. The van der Waals surface area contributed by atoms with Gasteiger partial charge in [-0.05, 0) is 31.5 Å². The number of ether oxygens (including phenoxy) is 1. The Morgan fingerprint density at radius 3 is 3.04 bits per heavy atom. The van der Waals surface area contributed by atoms with Crippen LogP contribution in [0.25, 0.3) is 11.3 Å². The van der Waals surface area contributed by atoms with E-state index >= 15 is 0 Å². The van der Waals surface area contributed by atoms with Crippen molar-refractivity contribution in [2.45, 2.75) is 26.1 Å². The van der Waals surface area contributed by atoms with Gasteiger partial charge in [-0.3, -0.25) is 9.48 Å². The van der Waals surface area contributed by atoms with Gasteiger partial charge in [0, 0.05) is 18.7 Å². The Labute approximate surface area is 165 Å². The maximum Gasteiger partial charge on any atom is 0.273 e. The highest BCUT2D eigenvalue weighted by Gasteiger charge is 2.19. The molecule has 3 rings (SSSR count). The summed E-state index contributed by atoms with van der Waals surface area (Å²) in [6.07, 6.45) is 3.85. The summed E-state index contributed by atoms with van der Waals surface area (Å²) < 4.78 is 25.3. The third kappa shape index (κ3) is 5.07. The van der Waals surface area contributed by atoms with Crippen molar-refractivity contribution in [1.29, 1.82) is 0 Å². The standard InChI is InChI=1S/C18H19ClFN5O3/c1-12(20)8-27-15-4-3-13(7-14(15)19)17-16(23-11-28-17)18(26)22-5-2-6-25-10-21-9-24-25/h3-4,7,9-12H,2,5-6,8H2,1H3,(H,22,26)/i20-1. The van der Waals surface area contributed by atoms with Crippen molar-refractivity contribution >= 4 is 17.5 Å². The van der Waals surface area contributed by atoms with E-state index in [0.29, 0.717) is 36.6 Å². The van der Waals surface area contributed by atoms with Gasteiger partial charge < -0.3 is 14.5 Å². The molecule has 28 heavy (non-hydrogen) atoms. The largest absolute Gasteiger partial charge is 0.489 e. The number of oxazole rings is 1. The quantitative estimate of drug-likeness (QED) is 0.548. The van der Waals surface area contributed by atoms with Crippen LogP contribution in [0.5, 0.6) is 5.75 Å². The second kappa shape index (κ2) is 9.32. The van der Waals surface area contributed by atoms with E-state index in [2.05, 4.69) is 20.4 Å². The van der Waals surface area contributed by atoms with Gasteiger partial charge in [-0.2, -0.15) is 5.10 Å². The average Bonchev–Trinajstić information content (AvgIpc) is 3.35. The first kappa shape index (κ1) is 19.8. The Morgan fingerprint density at radius 1 is 1.46 bits per heavy atom. The van der Waals surface area contributed by atoms with Crippen LogP contribution in [0.3, 0.4) is 0 Å². The normalized spacial score (nSPS) is 12.0. The number of aromatic nitrogens is 4. The van der Waals surface area contributed by atoms with Gasteiger partial charge in [0.25, 0.3) is 5.91 Å². The van der Waals surface area contributed by atoms with E-state index in [4.69, 9.17) is 20.8 Å². The van der Waals surface area contributed by atoms with E-state index < -0.39 is 6.17 Å². The fourth-order valence-corrected chi connectivity index (χ4v) is 2.69. The predicted molar refractivity (Wildman–Crippen MR) is 100.0 cm³/mol. The number of halogens is 2. The molecule has 0 saturated carbocycles. The fraction of sp³-hybridized carbons (Fsp3) is 0.333. The number of carbonyl (C=O) groups is 1. The molecule has 0 fully saturated rings. The van der Waals surface area contributed by atoms with Crippen molar-refractivity contribution < 1.29 is 18.3 Å². The molecule has 0 spiro atoms. The molecule has 1 unspecified atom stereocenters. The van der Waals surface area contributed by atoms with Crippen LogP contribution in [0.2, 0.25) is 5.02 Å². The highest BCUT2D eigenvalue weighted by Crippen LogP contribution is 2.32. The number of hydrogen-bond acceptors (Lipinski definition) is 6. The number of carbonyl (C=O) groups excluding carboxylic acids is 1. The van der Waals surface area contributed by atoms with Crippen molar-refractivity contribution in [2.24, 2.45) is 0 Å². The first-order valence-corrected chi connectivity index (χ1v) is 9.03. The number of hydrogen-bond donors (Lipinski definition) is 1. The number of alkyl halides is 1. The third-order valence-corrected chi connectivity index (χ3v) is 4.06. The number of nitrogens with zero attached hydrogens (tertiary/aromatic N) is 4. The van der Waals surface area contributed by atoms with E-state index in [0.717, 1.165) is 0 Å². The molecule has 3 aromatic rings. The number of amides is 1. The van der Waals surface area contributed by atoms with Crippen LogP contribution in [-0.2, 0) is 6.54 Å². The topological polar surface area (TPSA) is 95.1 Å². The van der Waals surface area contributed by atoms with Crippen LogP contribution in [0, 0.1) is 0 Å². The lowest BCUT2D eigenvalue weighted by Gasteiger charge is -2.10. The second-order valence-corrected chi connectivity index (χ2v) is 6.44. The Morgan fingerprint density at radius 2 is 2.32 bits per heavy atom. The van der Waals surface area contributed by atoms with Crippen LogP contribution in [-0.4, -0.2) is 45.0 Å². The van der Waals surface area contributed by atoms with Gasteiger partial charge in [0.1, 0.15) is 31.2 Å². The first-order chi connectivity index (χ1) is 13.5. The summed E-state index contributed by atoms with van der Waals surface area (Å²) in [6.45, 7) is 2.39. The zero-order valence-corrected chi connectivity index (χ0v) is 15.9. The summed E-state index contributed by atoms with van der Waals surface area (Å²) in [6, 6.07) is 4.86. The summed E-state index contributed by atoms with van der Waals surface area (Å²) in [5, 5.41) is 7.08. The lowest BCUT2D eigenvalue weighted by molar-refractivity contribution is 0.0948. The van der Waals surface area contributed by atoms with Crippen LogP contribution in [0.4, 0.5) is 4.39 Å². The molecule has 0 aliphatic carbocycles. The summed E-state index contributed by atoms with van der Waals surface area (Å²) in [7, 11) is 0. The van der Waals surface area contributed by atoms with Crippen LogP contribution in [0.15, 0.2) is 41.7 Å². The molecular formula is C18H19ClFN5O3. The lowest BCUT2D eigenvalue weighted by atomic mass is 10.1. The molecule has 0 aliphatic rings. The zero-order valence-electron chi connectivity index (χ0n) is 15.1. The van der Waals surface area contributed by atoms with E-state index in [9.17, 15) is 9.18 Å². The molecule has 10 heteroatoms. The molecule has 1 N–H and O–H groups in total. The van der Waals surface area contributed by atoms with Gasteiger partial charge in [-0.25, -0.2) is 14.4 Å². The van der Waals surface area contributed by atoms with E-state index in [1.807, 2.05) is 0 Å². The molecular weight excluding hydrogens is 388 g/mol. The Hall–Kier alpha value is -2.94. The Balaban J connectivity index is 1.62. The van der Waals surface area contributed by atoms with Gasteiger partial charge in [0.05, 0.1) is 5.02 Å². The first-order valence-electron chi connectivity index (χ1n) is 8.65. The average molecular weight is 407 g/mol. The van der Waals surface area contributed by atoms with Crippen molar-refractivity contribution in [1.82, 2.24) is 25.1 Å². The molecule has 1 amide bonds. The van der Waals surface area contributed by atoms with Gasteiger partial charge in [0.2, 0.25) is 0 Å². The molecule has 2 aromatic heterocycles. The van der Waals surface area contributed by atoms with Crippen molar-refractivity contribution in [3.8, 4) is 17.1 Å². The van der Waals surface area contributed by atoms with E-state index in [1.165, 1.54) is 19.6 Å². The maximum absolute atomic E-state index is 12.9. The van der Waals surface area contributed by atoms with Crippen molar-refractivity contribution in [2.75, 3.05) is 13.2 Å². The predicted octanol–water partition coefficient (Wildman–Crippen LogP) is 3.14. The van der Waals surface area contributed by atoms with Gasteiger partial charge in [-0.1, -0.05) is 11.6 Å². The minimum atomic E-state index is -1.11. The molecule has 0 saturated heterocycles. The third-order valence-electron chi connectivity index (χ3n) is 3.76. The highest BCUT2D eigenvalue weighted by molar-refractivity contribution is 6.32. The van der Waals surface area contributed by atoms with Crippen LogP contribution >= 0.6 is 11.6 Å². The highest BCUT2D eigenvalue weighted by atomic mass is 35.5. The van der Waals surface area contributed by atoms with Gasteiger partial charge in [0.15, 0.2) is 17.8 Å². The second-order valence-electron chi connectivity index (χ2n) is 6.04. The van der Waals surface area contributed by atoms with Crippen LogP contribution < -0.4 is 10.1 Å². The lowest BCUT2D eigenvalue weighted by Crippen LogP contribution is -2.26. The van der Waals surface area contributed by atoms with E-state index in [-0.39, 0.29) is 23.2 Å². The van der Waals surface area contributed by atoms with Crippen molar-refractivity contribution in [3.05, 3.63) is 48.0 Å². The van der Waals surface area contributed by atoms with Gasteiger partial charge >= 0.3 is 0 Å². The smallest absolute Gasteiger partial charge is 0.273 e. The summed E-state index contributed by atoms with van der Waals surface area (Å²) in [5.41, 5.74) is 0.721. The number of benzene rings is 1. The molecule has 1 aromatic carbocycles. The molecule has 148 valence electrons. The Kier molecular flexibility index (Phi) is 6.59. The number of aryl methyl sites for hydroxylation is 1. The summed E-state index contributed by atoms with van der Waals surface area (Å²) in [4.78, 5) is 20.3. The summed E-state index contributed by atoms with van der Waals surface area (Å²) in [5.74, 6) is 0.291. The molecule has 1 atom stereocenters. The SMILES string of the molecule is CC([18F])COc1ccc(-c2ocnc2C(=O)NCCCn2cncn2)cc1Cl. The monoisotopic (exact) mass is 406 g/mol. The van der Waals surface area contributed by atoms with Crippen LogP contribution in [0.1, 0.15) is 23.8 Å². The molecule has 0 radical (unpaired) electrons. The van der Waals surface area contributed by atoms with E-state index in [1.54, 1.807) is 29.2 Å². The molecule has 8 nitrogen and oxygen atoms in total. The zero-order chi connectivity index (χ0) is 19.9. The minimum Gasteiger partial charge on any atom is -0.489 e. The number of rotatable bonds is 9. The maximum atomic E-state index is 12.9. The fourth-order valence-electron chi connectivity index (χ4n) is 2.45. The van der Waals surface area contributed by atoms with Crippen molar-refractivity contribution in [3.63, 3.8) is 0 Å². The molecule has 0 aliphatic heterocycles. The minimum absolute atomic E-state index is 0.0936. The summed E-state index contributed by atoms with van der Waals surface area (Å²) >= 11 is 6.19. The molecule has 0 bridgehead atoms.